The average Bonchev–Trinajstić information content (AvgIpc) is 2.24. The Balaban J connectivity index is 4.21. The molecule has 0 fully saturated rings. The first-order valence-electron chi connectivity index (χ1n) is 7.41. The van der Waals surface area contributed by atoms with Gasteiger partial charge < -0.3 is 15.1 Å². The molecule has 0 heterocycles. The molecule has 0 saturated heterocycles. The molecule has 0 aliphatic carbocycles. The number of hydrogen-bond donors (Lipinski definition) is 1. The molecule has 0 aliphatic rings. The van der Waals surface area contributed by atoms with Gasteiger partial charge in [0.2, 0.25) is 0 Å². The zero-order valence-corrected chi connectivity index (χ0v) is 13.7. The van der Waals surface area contributed by atoms with Gasteiger partial charge in [0.15, 0.2) is 0 Å². The highest BCUT2D eigenvalue weighted by Crippen LogP contribution is 2.20. The lowest BCUT2D eigenvalue weighted by Gasteiger charge is -2.35. The molecular formula is C15H35N3. The Kier molecular flexibility index (Phi) is 8.83. The van der Waals surface area contributed by atoms with Crippen molar-refractivity contribution < 1.29 is 0 Å². The molecule has 3 heteroatoms. The molecule has 18 heavy (non-hydrogen) atoms. The molecule has 110 valence electrons. The Bertz CT molecular complexity index is 196. The van der Waals surface area contributed by atoms with Crippen LogP contribution in [0.4, 0.5) is 0 Å². The van der Waals surface area contributed by atoms with Crippen molar-refractivity contribution in [3.05, 3.63) is 0 Å². The number of likely N-dealkylation sites (N-methyl/N-ethyl adjacent to an activating group) is 2. The molecule has 0 radical (unpaired) electrons. The van der Waals surface area contributed by atoms with Gasteiger partial charge in [-0.3, -0.25) is 0 Å². The Morgan fingerprint density at radius 2 is 1.67 bits per heavy atom. The van der Waals surface area contributed by atoms with Gasteiger partial charge in [0.25, 0.3) is 0 Å². The van der Waals surface area contributed by atoms with E-state index in [2.05, 4.69) is 63.8 Å². The van der Waals surface area contributed by atoms with Gasteiger partial charge >= 0.3 is 0 Å². The lowest BCUT2D eigenvalue weighted by atomic mass is 9.86. The first kappa shape index (κ1) is 17.9. The summed E-state index contributed by atoms with van der Waals surface area (Å²) in [4.78, 5) is 4.83. The van der Waals surface area contributed by atoms with Crippen LogP contribution in [-0.2, 0) is 0 Å². The zero-order chi connectivity index (χ0) is 14.2. The fourth-order valence-corrected chi connectivity index (χ4v) is 2.14. The van der Waals surface area contributed by atoms with E-state index in [1.165, 1.54) is 19.5 Å². The molecule has 1 unspecified atom stereocenters. The molecule has 0 amide bonds. The molecule has 0 aromatic rings. The third-order valence-corrected chi connectivity index (χ3v) is 3.46. The highest BCUT2D eigenvalue weighted by atomic mass is 15.2. The van der Waals surface area contributed by atoms with Crippen LogP contribution in [0.2, 0.25) is 0 Å². The lowest BCUT2D eigenvalue weighted by molar-refractivity contribution is 0.174. The maximum absolute atomic E-state index is 3.63. The number of nitrogens with one attached hydrogen (secondary N) is 1. The molecule has 0 bridgehead atoms. The summed E-state index contributed by atoms with van der Waals surface area (Å²) in [7, 11) is 4.29. The maximum Gasteiger partial charge on any atom is 0.0243 e. The molecule has 0 saturated carbocycles. The normalized spacial score (nSPS) is 14.5. The monoisotopic (exact) mass is 257 g/mol. The van der Waals surface area contributed by atoms with Crippen molar-refractivity contribution in [3.63, 3.8) is 0 Å². The zero-order valence-electron chi connectivity index (χ0n) is 13.7. The van der Waals surface area contributed by atoms with Gasteiger partial charge in [0.05, 0.1) is 0 Å². The standard InChI is InChI=1S/C15H35N3/c1-8-16-14(15(3,4)5)13-18(9-2)12-10-11-17(6)7/h14,16H,8-13H2,1-7H3. The molecule has 1 atom stereocenters. The van der Waals surface area contributed by atoms with Crippen molar-refractivity contribution in [1.29, 1.82) is 0 Å². The fourth-order valence-electron chi connectivity index (χ4n) is 2.14. The van der Waals surface area contributed by atoms with Crippen LogP contribution in [0.15, 0.2) is 0 Å². The van der Waals surface area contributed by atoms with E-state index in [1.54, 1.807) is 0 Å². The first-order valence-corrected chi connectivity index (χ1v) is 7.41. The largest absolute Gasteiger partial charge is 0.312 e. The van der Waals surface area contributed by atoms with Crippen molar-refractivity contribution in [1.82, 2.24) is 15.1 Å². The van der Waals surface area contributed by atoms with Crippen molar-refractivity contribution in [3.8, 4) is 0 Å². The van der Waals surface area contributed by atoms with Crippen molar-refractivity contribution in [2.24, 2.45) is 5.41 Å². The smallest absolute Gasteiger partial charge is 0.0243 e. The minimum absolute atomic E-state index is 0.324. The number of rotatable bonds is 9. The van der Waals surface area contributed by atoms with Gasteiger partial charge in [0, 0.05) is 12.6 Å². The summed E-state index contributed by atoms with van der Waals surface area (Å²) in [5.41, 5.74) is 0.324. The van der Waals surface area contributed by atoms with Gasteiger partial charge in [-0.05, 0) is 52.1 Å². The summed E-state index contributed by atoms with van der Waals surface area (Å²) in [6.07, 6.45) is 1.25. The van der Waals surface area contributed by atoms with Crippen LogP contribution in [0.25, 0.3) is 0 Å². The molecular weight excluding hydrogens is 222 g/mol. The molecule has 1 N–H and O–H groups in total. The third kappa shape index (κ3) is 8.06. The number of nitrogens with zero attached hydrogens (tertiary/aromatic N) is 2. The Labute approximate surface area is 115 Å². The summed E-state index contributed by atoms with van der Waals surface area (Å²) in [5, 5.41) is 3.63. The number of hydrogen-bond acceptors (Lipinski definition) is 3. The molecule has 0 spiro atoms. The Morgan fingerprint density at radius 3 is 2.06 bits per heavy atom. The van der Waals surface area contributed by atoms with Gasteiger partial charge in [-0.25, -0.2) is 0 Å². The molecule has 0 aromatic heterocycles. The van der Waals surface area contributed by atoms with E-state index in [0.29, 0.717) is 11.5 Å². The van der Waals surface area contributed by atoms with Gasteiger partial charge in [0.1, 0.15) is 0 Å². The van der Waals surface area contributed by atoms with Crippen LogP contribution in [0.3, 0.4) is 0 Å². The van der Waals surface area contributed by atoms with E-state index in [0.717, 1.165) is 19.6 Å². The second-order valence-electron chi connectivity index (χ2n) is 6.53. The minimum Gasteiger partial charge on any atom is -0.312 e. The SMILES string of the molecule is CCNC(CN(CC)CCCN(C)C)C(C)(C)C. The van der Waals surface area contributed by atoms with E-state index in [4.69, 9.17) is 0 Å². The van der Waals surface area contributed by atoms with Crippen molar-refractivity contribution in [2.45, 2.75) is 47.1 Å². The topological polar surface area (TPSA) is 18.5 Å². The van der Waals surface area contributed by atoms with Crippen LogP contribution in [0.5, 0.6) is 0 Å². The quantitative estimate of drug-likeness (QED) is 0.684. The summed E-state index contributed by atoms with van der Waals surface area (Å²) in [5.74, 6) is 0. The summed E-state index contributed by atoms with van der Waals surface area (Å²) in [6.45, 7) is 17.2. The van der Waals surface area contributed by atoms with Crippen LogP contribution < -0.4 is 5.32 Å². The highest BCUT2D eigenvalue weighted by Gasteiger charge is 2.25. The summed E-state index contributed by atoms with van der Waals surface area (Å²) >= 11 is 0. The average molecular weight is 257 g/mol. The van der Waals surface area contributed by atoms with E-state index < -0.39 is 0 Å². The second kappa shape index (κ2) is 8.89. The van der Waals surface area contributed by atoms with E-state index in [9.17, 15) is 0 Å². The maximum atomic E-state index is 3.63. The Morgan fingerprint density at radius 1 is 1.06 bits per heavy atom. The van der Waals surface area contributed by atoms with E-state index in [1.807, 2.05) is 0 Å². The van der Waals surface area contributed by atoms with Gasteiger partial charge in [-0.15, -0.1) is 0 Å². The van der Waals surface area contributed by atoms with E-state index >= 15 is 0 Å². The highest BCUT2D eigenvalue weighted by molar-refractivity contribution is 4.83. The predicted octanol–water partition coefficient (Wildman–Crippen LogP) is 2.28. The predicted molar refractivity (Wildman–Crippen MR) is 82.2 cm³/mol. The van der Waals surface area contributed by atoms with E-state index in [-0.39, 0.29) is 0 Å². The van der Waals surface area contributed by atoms with Crippen LogP contribution in [-0.4, -0.2) is 62.7 Å². The Hall–Kier alpha value is -0.120. The minimum atomic E-state index is 0.324. The first-order chi connectivity index (χ1) is 8.31. The summed E-state index contributed by atoms with van der Waals surface area (Å²) in [6, 6.07) is 0.571. The van der Waals surface area contributed by atoms with Gasteiger partial charge in [-0.1, -0.05) is 34.6 Å². The van der Waals surface area contributed by atoms with Crippen LogP contribution in [0.1, 0.15) is 41.0 Å². The second-order valence-corrected chi connectivity index (χ2v) is 6.53. The van der Waals surface area contributed by atoms with Gasteiger partial charge in [-0.2, -0.15) is 0 Å². The van der Waals surface area contributed by atoms with Crippen LogP contribution >= 0.6 is 0 Å². The fraction of sp³-hybridized carbons (Fsp3) is 1.00. The molecule has 0 aliphatic heterocycles. The summed E-state index contributed by atoms with van der Waals surface area (Å²) < 4.78 is 0. The lowest BCUT2D eigenvalue weighted by Crippen LogP contribution is -2.48. The van der Waals surface area contributed by atoms with Crippen LogP contribution in [0, 0.1) is 5.41 Å². The third-order valence-electron chi connectivity index (χ3n) is 3.46. The molecule has 0 rings (SSSR count). The van der Waals surface area contributed by atoms with Crippen molar-refractivity contribution >= 4 is 0 Å². The molecule has 0 aromatic carbocycles. The molecule has 3 nitrogen and oxygen atoms in total. The van der Waals surface area contributed by atoms with Crippen molar-refractivity contribution in [2.75, 3.05) is 46.8 Å².